The van der Waals surface area contributed by atoms with Crippen LogP contribution in [0, 0.1) is 40.5 Å². The Hall–Kier alpha value is -2.71. The first-order chi connectivity index (χ1) is 14.2. The number of carbonyl (C=O) groups excluding carboxylic acids is 1. The van der Waals surface area contributed by atoms with Crippen molar-refractivity contribution in [3.8, 4) is 11.8 Å². The van der Waals surface area contributed by atoms with E-state index in [0.29, 0.717) is 16.5 Å². The van der Waals surface area contributed by atoms with Gasteiger partial charge in [-0.25, -0.2) is 8.78 Å². The number of halogens is 4. The van der Waals surface area contributed by atoms with Gasteiger partial charge in [0.15, 0.2) is 22.5 Å². The lowest BCUT2D eigenvalue weighted by Gasteiger charge is -2.17. The number of nitriles is 1. The number of benzene rings is 1. The molecule has 0 radical (unpaired) electrons. The van der Waals surface area contributed by atoms with Gasteiger partial charge in [0.05, 0.1) is 12.7 Å². The maximum Gasteiger partial charge on any atom is 0.263 e. The Bertz CT molecular complexity index is 1070. The first-order valence-electron chi connectivity index (χ1n) is 8.76. The van der Waals surface area contributed by atoms with Crippen LogP contribution in [0.3, 0.4) is 0 Å². The van der Waals surface area contributed by atoms with Crippen molar-refractivity contribution in [1.29, 1.82) is 5.26 Å². The highest BCUT2D eigenvalue weighted by Gasteiger charge is 2.31. The van der Waals surface area contributed by atoms with E-state index in [4.69, 9.17) is 12.2 Å². The van der Waals surface area contributed by atoms with Gasteiger partial charge in [0.1, 0.15) is 16.6 Å². The molecule has 0 saturated heterocycles. The maximum absolute atomic E-state index is 14.1. The zero-order valence-corrected chi connectivity index (χ0v) is 17.4. The minimum Gasteiger partial charge on any atom is -0.491 e. The number of carbonyl (C=O) groups is 1. The number of thiophene rings is 1. The van der Waals surface area contributed by atoms with Crippen LogP contribution in [0.15, 0.2) is 0 Å². The summed E-state index contributed by atoms with van der Waals surface area (Å²) in [5, 5.41) is 14.1. The zero-order chi connectivity index (χ0) is 22.2. The number of fused-ring (bicyclic) bond motifs is 1. The van der Waals surface area contributed by atoms with Crippen molar-refractivity contribution in [2.75, 3.05) is 12.4 Å². The van der Waals surface area contributed by atoms with Gasteiger partial charge >= 0.3 is 0 Å². The molecular weight excluding hydrogens is 442 g/mol. The highest BCUT2D eigenvalue weighted by molar-refractivity contribution is 7.80. The molecule has 1 atom stereocenters. The summed E-state index contributed by atoms with van der Waals surface area (Å²) in [7, 11) is 0.827. The lowest BCUT2D eigenvalue weighted by atomic mass is 9.89. The number of methoxy groups -OCH3 is 1. The van der Waals surface area contributed by atoms with E-state index in [-0.39, 0.29) is 5.11 Å². The number of anilines is 1. The quantitative estimate of drug-likeness (QED) is 0.405. The van der Waals surface area contributed by atoms with Crippen molar-refractivity contribution in [2.45, 2.75) is 26.2 Å². The van der Waals surface area contributed by atoms with Crippen LogP contribution in [-0.4, -0.2) is 18.1 Å². The maximum atomic E-state index is 14.1. The lowest BCUT2D eigenvalue weighted by molar-refractivity contribution is 0.0966. The summed E-state index contributed by atoms with van der Waals surface area (Å²) in [5.74, 6) is -9.81. The average molecular weight is 457 g/mol. The van der Waals surface area contributed by atoms with Crippen molar-refractivity contribution < 1.29 is 27.1 Å². The third kappa shape index (κ3) is 3.85. The Morgan fingerprint density at radius 2 is 1.87 bits per heavy atom. The topological polar surface area (TPSA) is 74.2 Å². The van der Waals surface area contributed by atoms with E-state index in [1.807, 2.05) is 5.32 Å². The summed E-state index contributed by atoms with van der Waals surface area (Å²) in [4.78, 5) is 13.3. The predicted molar refractivity (Wildman–Crippen MR) is 107 cm³/mol. The average Bonchev–Trinajstić information content (AvgIpc) is 3.02. The number of hydrogen-bond donors (Lipinski definition) is 2. The molecule has 0 unspecified atom stereocenters. The van der Waals surface area contributed by atoms with Crippen LogP contribution in [-0.2, 0) is 12.8 Å². The predicted octanol–water partition coefficient (Wildman–Crippen LogP) is 4.44. The first-order valence-corrected chi connectivity index (χ1v) is 9.98. The Morgan fingerprint density at radius 1 is 1.23 bits per heavy atom. The molecule has 1 aliphatic rings. The second-order valence-electron chi connectivity index (χ2n) is 6.74. The Labute approximate surface area is 178 Å². The van der Waals surface area contributed by atoms with Gasteiger partial charge in [0.2, 0.25) is 11.6 Å². The third-order valence-electron chi connectivity index (χ3n) is 4.73. The SMILES string of the molecule is COc1c(F)c(F)c(C(=O)NC(=S)Nc2sc3c(c2C#N)CC[C@H](C)C3)c(F)c1F. The second-order valence-corrected chi connectivity index (χ2v) is 8.25. The highest BCUT2D eigenvalue weighted by Crippen LogP contribution is 2.39. The van der Waals surface area contributed by atoms with Crippen LogP contribution in [0.5, 0.6) is 5.75 Å². The molecule has 1 amide bonds. The minimum atomic E-state index is -1.91. The fourth-order valence-corrected chi connectivity index (χ4v) is 4.87. The molecule has 0 fully saturated rings. The summed E-state index contributed by atoms with van der Waals surface area (Å²) < 4.78 is 60.2. The smallest absolute Gasteiger partial charge is 0.263 e. The number of nitrogens with zero attached hydrogens (tertiary/aromatic N) is 1. The summed E-state index contributed by atoms with van der Waals surface area (Å²) in [5.41, 5.74) is -0.180. The third-order valence-corrected chi connectivity index (χ3v) is 6.11. The summed E-state index contributed by atoms with van der Waals surface area (Å²) in [6.07, 6.45) is 2.47. The van der Waals surface area contributed by atoms with Gasteiger partial charge in [-0.1, -0.05) is 6.92 Å². The minimum absolute atomic E-state index is 0.376. The molecule has 0 bridgehead atoms. The molecule has 1 heterocycles. The molecule has 11 heteroatoms. The van der Waals surface area contributed by atoms with Crippen molar-refractivity contribution in [3.05, 3.63) is 44.8 Å². The first kappa shape index (κ1) is 22.0. The number of hydrogen-bond acceptors (Lipinski definition) is 5. The van der Waals surface area contributed by atoms with E-state index >= 15 is 0 Å². The largest absolute Gasteiger partial charge is 0.491 e. The highest BCUT2D eigenvalue weighted by atomic mass is 32.1. The zero-order valence-electron chi connectivity index (χ0n) is 15.8. The van der Waals surface area contributed by atoms with Crippen molar-refractivity contribution in [1.82, 2.24) is 5.32 Å². The van der Waals surface area contributed by atoms with Gasteiger partial charge in [-0.05, 0) is 43.0 Å². The number of ether oxygens (including phenoxy) is 1. The van der Waals surface area contributed by atoms with Gasteiger partial charge in [0, 0.05) is 4.88 Å². The van der Waals surface area contributed by atoms with Gasteiger partial charge in [-0.2, -0.15) is 14.0 Å². The van der Waals surface area contributed by atoms with Crippen LogP contribution < -0.4 is 15.4 Å². The fourth-order valence-electron chi connectivity index (χ4n) is 3.25. The number of nitrogens with one attached hydrogen (secondary N) is 2. The molecule has 5 nitrogen and oxygen atoms in total. The normalized spacial score (nSPS) is 15.2. The Morgan fingerprint density at radius 3 is 2.43 bits per heavy atom. The van der Waals surface area contributed by atoms with E-state index < -0.39 is 40.5 Å². The Balaban J connectivity index is 1.83. The molecule has 0 saturated carbocycles. The number of rotatable bonds is 3. The van der Waals surface area contributed by atoms with Gasteiger partial charge in [-0.15, -0.1) is 11.3 Å². The molecule has 1 aromatic carbocycles. The molecule has 158 valence electrons. The molecule has 2 N–H and O–H groups in total. The van der Waals surface area contributed by atoms with Gasteiger partial charge in [-0.3, -0.25) is 10.1 Å². The van der Waals surface area contributed by atoms with Gasteiger partial charge in [0.25, 0.3) is 5.91 Å². The van der Waals surface area contributed by atoms with Crippen LogP contribution >= 0.6 is 23.6 Å². The van der Waals surface area contributed by atoms with E-state index in [2.05, 4.69) is 23.0 Å². The van der Waals surface area contributed by atoms with E-state index in [9.17, 15) is 27.6 Å². The molecule has 30 heavy (non-hydrogen) atoms. The number of amides is 1. The molecule has 1 aromatic heterocycles. The summed E-state index contributed by atoms with van der Waals surface area (Å²) >= 11 is 6.28. The van der Waals surface area contributed by atoms with Crippen LogP contribution in [0.2, 0.25) is 0 Å². The Kier molecular flexibility index (Phi) is 6.28. The van der Waals surface area contributed by atoms with Crippen LogP contribution in [0.4, 0.5) is 22.6 Å². The fraction of sp³-hybridized carbons (Fsp3) is 0.316. The lowest BCUT2D eigenvalue weighted by Crippen LogP contribution is -2.35. The molecule has 0 spiro atoms. The van der Waals surface area contributed by atoms with Gasteiger partial charge < -0.3 is 10.1 Å². The van der Waals surface area contributed by atoms with Crippen molar-refractivity contribution in [3.63, 3.8) is 0 Å². The van der Waals surface area contributed by atoms with Crippen molar-refractivity contribution in [2.24, 2.45) is 5.92 Å². The number of thiocarbonyl (C=S) groups is 1. The van der Waals surface area contributed by atoms with Crippen LogP contribution in [0.25, 0.3) is 0 Å². The molecule has 1 aliphatic carbocycles. The molecule has 0 aliphatic heterocycles. The summed E-state index contributed by atoms with van der Waals surface area (Å²) in [6.45, 7) is 2.10. The van der Waals surface area contributed by atoms with Crippen molar-refractivity contribution >= 4 is 39.6 Å². The molecular formula is C19H15F4N3O2S2. The van der Waals surface area contributed by atoms with E-state index in [1.165, 1.54) is 11.3 Å². The molecule has 2 aromatic rings. The second kappa shape index (κ2) is 8.57. The van der Waals surface area contributed by atoms with E-state index in [0.717, 1.165) is 36.8 Å². The summed E-state index contributed by atoms with van der Waals surface area (Å²) in [6, 6.07) is 2.10. The standard InChI is InChI=1S/C19H15F4N3O2S2/c1-7-3-4-8-9(6-24)18(30-10(8)5-7)26-19(29)25-17(27)11-12(20)14(22)16(28-2)15(23)13(11)21/h7H,3-5H2,1-2H3,(H2,25,26,27,29)/t7-/m0/s1. The molecule has 3 rings (SSSR count). The monoisotopic (exact) mass is 457 g/mol. The van der Waals surface area contributed by atoms with Crippen LogP contribution in [0.1, 0.15) is 39.7 Å². The van der Waals surface area contributed by atoms with E-state index in [1.54, 1.807) is 0 Å².